The molecule has 1 heterocycles. The molecule has 0 fully saturated rings. The number of hydrogen-bond donors (Lipinski definition) is 1. The number of carbonyl (C=O) groups is 2. The summed E-state index contributed by atoms with van der Waals surface area (Å²) in [7, 11) is 1.32. The molecule has 0 unspecified atom stereocenters. The number of methoxy groups -OCH3 is 1. The van der Waals surface area contributed by atoms with Crippen LogP contribution in [0.3, 0.4) is 0 Å². The number of rotatable bonds is 6. The van der Waals surface area contributed by atoms with Gasteiger partial charge in [-0.15, -0.1) is 23.1 Å². The Morgan fingerprint density at radius 3 is 2.59 bits per heavy atom. The van der Waals surface area contributed by atoms with E-state index in [4.69, 9.17) is 0 Å². The molecule has 116 valence electrons. The standard InChI is InChI=1S/C16H17NO3S2/c1-3-21-12-6-4-11(5-7-12)10-14(18)17-15-13(8-9-22-15)16(19)20-2/h4-9H,3,10H2,1-2H3,(H,17,18). The Labute approximate surface area is 137 Å². The molecule has 0 saturated heterocycles. The van der Waals surface area contributed by atoms with Crippen molar-refractivity contribution in [3.05, 3.63) is 46.8 Å². The monoisotopic (exact) mass is 335 g/mol. The van der Waals surface area contributed by atoms with Gasteiger partial charge in [-0.2, -0.15) is 0 Å². The van der Waals surface area contributed by atoms with E-state index in [1.54, 1.807) is 23.2 Å². The molecule has 1 N–H and O–H groups in total. The lowest BCUT2D eigenvalue weighted by molar-refractivity contribution is -0.115. The summed E-state index contributed by atoms with van der Waals surface area (Å²) in [5.74, 6) is 0.426. The van der Waals surface area contributed by atoms with Crippen molar-refractivity contribution < 1.29 is 14.3 Å². The van der Waals surface area contributed by atoms with Gasteiger partial charge in [0.05, 0.1) is 19.1 Å². The molecule has 4 nitrogen and oxygen atoms in total. The Morgan fingerprint density at radius 1 is 1.23 bits per heavy atom. The molecule has 6 heteroatoms. The predicted molar refractivity (Wildman–Crippen MR) is 90.8 cm³/mol. The molecule has 0 saturated carbocycles. The normalized spacial score (nSPS) is 10.3. The fourth-order valence-electron chi connectivity index (χ4n) is 1.90. The molecule has 0 aliphatic carbocycles. The summed E-state index contributed by atoms with van der Waals surface area (Å²) in [6.07, 6.45) is 0.273. The van der Waals surface area contributed by atoms with Crippen molar-refractivity contribution in [1.82, 2.24) is 0 Å². The number of anilines is 1. The third-order valence-corrected chi connectivity index (χ3v) is 4.65. The summed E-state index contributed by atoms with van der Waals surface area (Å²) >= 11 is 3.07. The number of thioether (sulfide) groups is 1. The highest BCUT2D eigenvalue weighted by molar-refractivity contribution is 7.99. The molecule has 0 aliphatic heterocycles. The number of hydrogen-bond acceptors (Lipinski definition) is 5. The zero-order valence-electron chi connectivity index (χ0n) is 12.4. The summed E-state index contributed by atoms with van der Waals surface area (Å²) < 4.78 is 4.69. The molecular weight excluding hydrogens is 318 g/mol. The topological polar surface area (TPSA) is 55.4 Å². The Hall–Kier alpha value is -1.79. The Balaban J connectivity index is 1.98. The lowest BCUT2D eigenvalue weighted by Crippen LogP contribution is -2.15. The summed E-state index contributed by atoms with van der Waals surface area (Å²) in [5, 5.41) is 5.04. The fourth-order valence-corrected chi connectivity index (χ4v) is 3.36. The highest BCUT2D eigenvalue weighted by Crippen LogP contribution is 2.24. The van der Waals surface area contributed by atoms with Gasteiger partial charge in [-0.3, -0.25) is 4.79 Å². The van der Waals surface area contributed by atoms with E-state index >= 15 is 0 Å². The molecule has 2 aromatic rings. The molecule has 1 amide bonds. The van der Waals surface area contributed by atoms with Gasteiger partial charge in [0, 0.05) is 4.90 Å². The zero-order valence-corrected chi connectivity index (χ0v) is 14.1. The fraction of sp³-hybridized carbons (Fsp3) is 0.250. The summed E-state index contributed by atoms with van der Waals surface area (Å²) in [5.41, 5.74) is 1.32. The number of benzene rings is 1. The van der Waals surface area contributed by atoms with Crippen LogP contribution in [0.25, 0.3) is 0 Å². The van der Waals surface area contributed by atoms with Crippen LogP contribution in [0.1, 0.15) is 22.8 Å². The van der Waals surface area contributed by atoms with E-state index in [9.17, 15) is 9.59 Å². The number of esters is 1. The molecule has 0 bridgehead atoms. The second kappa shape index (κ2) is 8.00. The van der Waals surface area contributed by atoms with Gasteiger partial charge >= 0.3 is 5.97 Å². The first-order valence-electron chi connectivity index (χ1n) is 6.81. The van der Waals surface area contributed by atoms with E-state index in [-0.39, 0.29) is 12.3 Å². The first kappa shape index (κ1) is 16.6. The van der Waals surface area contributed by atoms with Crippen LogP contribution in [0, 0.1) is 0 Å². The van der Waals surface area contributed by atoms with Crippen molar-refractivity contribution in [3.8, 4) is 0 Å². The van der Waals surface area contributed by atoms with E-state index in [2.05, 4.69) is 17.0 Å². The summed E-state index contributed by atoms with van der Waals surface area (Å²) in [6, 6.07) is 9.58. The molecule has 0 spiro atoms. The van der Waals surface area contributed by atoms with Gasteiger partial charge in [-0.05, 0) is 34.9 Å². The Bertz CT molecular complexity index is 650. The van der Waals surface area contributed by atoms with E-state index < -0.39 is 5.97 Å². The second-order valence-corrected chi connectivity index (χ2v) is 6.71. The average molecular weight is 335 g/mol. The molecule has 1 aromatic carbocycles. The van der Waals surface area contributed by atoms with Gasteiger partial charge in [0.15, 0.2) is 0 Å². The molecule has 2 rings (SSSR count). The first-order chi connectivity index (χ1) is 10.6. The minimum Gasteiger partial charge on any atom is -0.465 e. The van der Waals surface area contributed by atoms with Crippen molar-refractivity contribution >= 4 is 40.0 Å². The van der Waals surface area contributed by atoms with Crippen LogP contribution in [0.2, 0.25) is 0 Å². The first-order valence-corrected chi connectivity index (χ1v) is 8.68. The van der Waals surface area contributed by atoms with Crippen molar-refractivity contribution in [1.29, 1.82) is 0 Å². The van der Waals surface area contributed by atoms with E-state index in [0.717, 1.165) is 11.3 Å². The van der Waals surface area contributed by atoms with E-state index in [1.165, 1.54) is 23.3 Å². The van der Waals surface area contributed by atoms with Gasteiger partial charge in [0.2, 0.25) is 5.91 Å². The van der Waals surface area contributed by atoms with Gasteiger partial charge in [-0.1, -0.05) is 19.1 Å². The highest BCUT2D eigenvalue weighted by Gasteiger charge is 2.15. The quantitative estimate of drug-likeness (QED) is 0.644. The van der Waals surface area contributed by atoms with Crippen LogP contribution in [-0.2, 0) is 16.0 Å². The third kappa shape index (κ3) is 4.35. The van der Waals surface area contributed by atoms with Crippen LogP contribution in [-0.4, -0.2) is 24.7 Å². The smallest absolute Gasteiger partial charge is 0.340 e. The van der Waals surface area contributed by atoms with Gasteiger partial charge < -0.3 is 10.1 Å². The van der Waals surface area contributed by atoms with Crippen molar-refractivity contribution in [2.24, 2.45) is 0 Å². The minimum absolute atomic E-state index is 0.150. The van der Waals surface area contributed by atoms with Crippen LogP contribution in [0.15, 0.2) is 40.6 Å². The van der Waals surface area contributed by atoms with Crippen LogP contribution < -0.4 is 5.32 Å². The van der Waals surface area contributed by atoms with E-state index in [1.807, 2.05) is 24.3 Å². The lowest BCUT2D eigenvalue weighted by Gasteiger charge is -2.06. The number of ether oxygens (including phenoxy) is 1. The average Bonchev–Trinajstić information content (AvgIpc) is 2.96. The maximum atomic E-state index is 12.1. The van der Waals surface area contributed by atoms with Crippen molar-refractivity contribution in [3.63, 3.8) is 0 Å². The third-order valence-electron chi connectivity index (χ3n) is 2.92. The molecule has 1 aromatic heterocycles. The number of carbonyl (C=O) groups excluding carboxylic acids is 2. The maximum absolute atomic E-state index is 12.1. The minimum atomic E-state index is -0.447. The zero-order chi connectivity index (χ0) is 15.9. The van der Waals surface area contributed by atoms with Crippen molar-refractivity contribution in [2.75, 3.05) is 18.2 Å². The Kier molecular flexibility index (Phi) is 6.03. The summed E-state index contributed by atoms with van der Waals surface area (Å²) in [6.45, 7) is 2.10. The summed E-state index contributed by atoms with van der Waals surface area (Å²) in [4.78, 5) is 24.8. The Morgan fingerprint density at radius 2 is 1.95 bits per heavy atom. The van der Waals surface area contributed by atoms with Crippen molar-refractivity contribution in [2.45, 2.75) is 18.2 Å². The van der Waals surface area contributed by atoms with E-state index in [0.29, 0.717) is 10.6 Å². The van der Waals surface area contributed by atoms with Gasteiger partial charge in [0.25, 0.3) is 0 Å². The number of amides is 1. The molecule has 0 atom stereocenters. The molecular formula is C16H17NO3S2. The van der Waals surface area contributed by atoms with Crippen LogP contribution >= 0.6 is 23.1 Å². The van der Waals surface area contributed by atoms with Gasteiger partial charge in [-0.25, -0.2) is 4.79 Å². The maximum Gasteiger partial charge on any atom is 0.340 e. The SMILES string of the molecule is CCSc1ccc(CC(=O)Nc2sccc2C(=O)OC)cc1. The highest BCUT2D eigenvalue weighted by atomic mass is 32.2. The van der Waals surface area contributed by atoms with Crippen LogP contribution in [0.4, 0.5) is 5.00 Å². The second-order valence-electron chi connectivity index (χ2n) is 4.46. The lowest BCUT2D eigenvalue weighted by atomic mass is 10.1. The largest absolute Gasteiger partial charge is 0.465 e. The van der Waals surface area contributed by atoms with Gasteiger partial charge in [0.1, 0.15) is 5.00 Å². The molecule has 0 aliphatic rings. The molecule has 22 heavy (non-hydrogen) atoms. The predicted octanol–water partition coefficient (Wildman–Crippen LogP) is 3.83. The van der Waals surface area contributed by atoms with Crippen LogP contribution in [0.5, 0.6) is 0 Å². The number of thiophene rings is 1. The number of nitrogens with one attached hydrogen (secondary N) is 1. The molecule has 0 radical (unpaired) electrons.